The van der Waals surface area contributed by atoms with E-state index in [0.29, 0.717) is 0 Å². The van der Waals surface area contributed by atoms with Gasteiger partial charge in [0.05, 0.1) is 0 Å². The summed E-state index contributed by atoms with van der Waals surface area (Å²) in [6, 6.07) is 8.28. The summed E-state index contributed by atoms with van der Waals surface area (Å²) in [6.07, 6.45) is 3.63. The average molecular weight is 268 g/mol. The fourth-order valence-corrected chi connectivity index (χ4v) is 1.75. The number of benzene rings is 1. The van der Waals surface area contributed by atoms with Crippen LogP contribution >= 0.6 is 0 Å². The van der Waals surface area contributed by atoms with Crippen molar-refractivity contribution in [3.63, 3.8) is 0 Å². The van der Waals surface area contributed by atoms with Crippen LogP contribution in [0.2, 0.25) is 0 Å². The summed E-state index contributed by atoms with van der Waals surface area (Å²) >= 11 is 1.12. The zero-order chi connectivity index (χ0) is 8.81. The standard InChI is InChI=1S/C10H14O.Sn/c1-2-3-6-9-7-4-5-8-10(9)11;/h4-5,7-8,11H,2-3,6H2,1H3;/q;+1/p-1. The van der Waals surface area contributed by atoms with Crippen LogP contribution < -0.4 is 3.07 Å². The number of hydrogen-bond acceptors (Lipinski definition) is 1. The second-order valence-corrected chi connectivity index (χ2v) is 3.40. The van der Waals surface area contributed by atoms with E-state index in [1.807, 2.05) is 12.1 Å². The summed E-state index contributed by atoms with van der Waals surface area (Å²) in [6.45, 7) is 2.21. The summed E-state index contributed by atoms with van der Waals surface area (Å²) in [5.41, 5.74) is 1.34. The van der Waals surface area contributed by atoms with Crippen molar-refractivity contribution in [3.8, 4) is 5.75 Å². The second kappa shape index (κ2) is 5.46. The predicted molar refractivity (Wildman–Crippen MR) is 51.4 cm³/mol. The fraction of sp³-hybridized carbons (Fsp3) is 0.400. The Balaban J connectivity index is 2.68. The molecule has 0 saturated heterocycles. The van der Waals surface area contributed by atoms with Gasteiger partial charge in [-0.05, 0) is 0 Å². The molecule has 1 nitrogen and oxygen atoms in total. The van der Waals surface area contributed by atoms with E-state index in [4.69, 9.17) is 3.07 Å². The van der Waals surface area contributed by atoms with Crippen molar-refractivity contribution in [1.29, 1.82) is 0 Å². The van der Waals surface area contributed by atoms with Gasteiger partial charge in [-0.2, -0.15) is 0 Å². The third-order valence-corrected chi connectivity index (χ3v) is 2.51. The van der Waals surface area contributed by atoms with E-state index in [1.165, 1.54) is 18.4 Å². The molecule has 1 aromatic rings. The van der Waals surface area contributed by atoms with E-state index in [1.54, 1.807) is 0 Å². The molecule has 0 N–H and O–H groups in total. The van der Waals surface area contributed by atoms with Crippen molar-refractivity contribution in [2.75, 3.05) is 0 Å². The van der Waals surface area contributed by atoms with Gasteiger partial charge < -0.3 is 0 Å². The Labute approximate surface area is 87.8 Å². The Morgan fingerprint density at radius 1 is 1.33 bits per heavy atom. The van der Waals surface area contributed by atoms with E-state index >= 15 is 0 Å². The molecule has 0 saturated carbocycles. The molecule has 2 heteroatoms. The monoisotopic (exact) mass is 269 g/mol. The molecule has 0 bridgehead atoms. The molecule has 1 rings (SSSR count). The molecule has 0 aliphatic rings. The Hall–Kier alpha value is -0.181. The first-order valence-corrected chi connectivity index (χ1v) is 5.46. The Bertz CT molecular complexity index is 235. The van der Waals surface area contributed by atoms with E-state index in [9.17, 15) is 0 Å². The van der Waals surface area contributed by atoms with Gasteiger partial charge in [-0.25, -0.2) is 0 Å². The van der Waals surface area contributed by atoms with Crippen molar-refractivity contribution in [2.24, 2.45) is 0 Å². The molecular weight excluding hydrogens is 255 g/mol. The number of unbranched alkanes of at least 4 members (excludes halogenated alkanes) is 1. The zero-order valence-electron chi connectivity index (χ0n) is 7.34. The van der Waals surface area contributed by atoms with Gasteiger partial charge in [0, 0.05) is 0 Å². The minimum absolute atomic E-state index is 1.06. The molecule has 1 aromatic carbocycles. The molecule has 0 spiro atoms. The topological polar surface area (TPSA) is 9.23 Å². The number of aryl methyl sites for hydroxylation is 1. The van der Waals surface area contributed by atoms with Crippen molar-refractivity contribution in [1.82, 2.24) is 0 Å². The average Bonchev–Trinajstić information content (AvgIpc) is 2.15. The van der Waals surface area contributed by atoms with Crippen LogP contribution in [0.1, 0.15) is 25.3 Å². The second-order valence-electron chi connectivity index (χ2n) is 2.81. The molecule has 0 fully saturated rings. The van der Waals surface area contributed by atoms with Crippen LogP contribution in [0.25, 0.3) is 0 Å². The van der Waals surface area contributed by atoms with Crippen LogP contribution in [0, 0.1) is 0 Å². The van der Waals surface area contributed by atoms with Crippen LogP contribution in [0.3, 0.4) is 0 Å². The normalized spacial score (nSPS) is 9.83. The third-order valence-electron chi connectivity index (χ3n) is 1.88. The van der Waals surface area contributed by atoms with Crippen LogP contribution in [0.4, 0.5) is 0 Å². The molecule has 0 atom stereocenters. The first-order chi connectivity index (χ1) is 5.88. The maximum atomic E-state index is 5.33. The molecule has 0 aliphatic heterocycles. The van der Waals surface area contributed by atoms with E-state index < -0.39 is 0 Å². The molecule has 0 amide bonds. The summed E-state index contributed by atoms with van der Waals surface area (Å²) in [5.74, 6) is 1.06. The molecule has 12 heavy (non-hydrogen) atoms. The first kappa shape index (κ1) is 9.90. The molecular formula is C10H13OSn. The van der Waals surface area contributed by atoms with Crippen molar-refractivity contribution < 1.29 is 3.07 Å². The zero-order valence-corrected chi connectivity index (χ0v) is 10.2. The van der Waals surface area contributed by atoms with E-state index in [-0.39, 0.29) is 0 Å². The molecule has 0 unspecified atom stereocenters. The first-order valence-electron chi connectivity index (χ1n) is 4.30. The van der Waals surface area contributed by atoms with Crippen LogP contribution in [-0.2, 0) is 6.42 Å². The van der Waals surface area contributed by atoms with Crippen molar-refractivity contribution >= 4 is 22.9 Å². The van der Waals surface area contributed by atoms with Gasteiger partial charge in [0.25, 0.3) is 0 Å². The Morgan fingerprint density at radius 3 is 2.75 bits per heavy atom. The van der Waals surface area contributed by atoms with Crippen molar-refractivity contribution in [2.45, 2.75) is 26.2 Å². The molecule has 0 heterocycles. The van der Waals surface area contributed by atoms with Gasteiger partial charge in [-0.15, -0.1) is 0 Å². The van der Waals surface area contributed by atoms with Gasteiger partial charge in [-0.1, -0.05) is 0 Å². The Morgan fingerprint density at radius 2 is 2.08 bits per heavy atom. The van der Waals surface area contributed by atoms with Crippen LogP contribution in [0.15, 0.2) is 24.3 Å². The van der Waals surface area contributed by atoms with Gasteiger partial charge >= 0.3 is 87.8 Å². The SMILES string of the molecule is CCCCc1ccccc1[O][Sn]. The fourth-order valence-electron chi connectivity index (χ4n) is 1.18. The summed E-state index contributed by atoms with van der Waals surface area (Å²) in [5, 5.41) is 0. The molecule has 3 radical (unpaired) electrons. The van der Waals surface area contributed by atoms with Crippen molar-refractivity contribution in [3.05, 3.63) is 29.8 Å². The van der Waals surface area contributed by atoms with Gasteiger partial charge in [0.15, 0.2) is 0 Å². The Kier molecular flexibility index (Phi) is 4.51. The number of hydrogen-bond donors (Lipinski definition) is 0. The third kappa shape index (κ3) is 2.70. The minimum atomic E-state index is 1.06. The summed E-state index contributed by atoms with van der Waals surface area (Å²) in [7, 11) is 0. The number of para-hydroxylation sites is 1. The van der Waals surface area contributed by atoms with Gasteiger partial charge in [0.2, 0.25) is 0 Å². The van der Waals surface area contributed by atoms with Gasteiger partial charge in [-0.3, -0.25) is 0 Å². The summed E-state index contributed by atoms with van der Waals surface area (Å²) < 4.78 is 5.33. The maximum absolute atomic E-state index is 5.33. The van der Waals surface area contributed by atoms with Crippen LogP contribution in [-0.4, -0.2) is 22.9 Å². The number of rotatable bonds is 4. The van der Waals surface area contributed by atoms with Gasteiger partial charge in [0.1, 0.15) is 0 Å². The quantitative estimate of drug-likeness (QED) is 0.762. The summed E-state index contributed by atoms with van der Waals surface area (Å²) in [4.78, 5) is 0. The van der Waals surface area contributed by atoms with E-state index in [2.05, 4.69) is 19.1 Å². The molecule has 0 aromatic heterocycles. The molecule has 0 aliphatic carbocycles. The molecule has 63 valence electrons. The predicted octanol–water partition coefficient (Wildman–Crippen LogP) is 2.49. The van der Waals surface area contributed by atoms with E-state index in [0.717, 1.165) is 35.1 Å². The van der Waals surface area contributed by atoms with Crippen LogP contribution in [0.5, 0.6) is 5.75 Å².